The van der Waals surface area contributed by atoms with Gasteiger partial charge in [-0.1, -0.05) is 42.5 Å². The molecular weight excluding hydrogens is 428 g/mol. The van der Waals surface area contributed by atoms with E-state index in [-0.39, 0.29) is 34.4 Å². The number of aryl methyl sites for hydroxylation is 1. The standard InChI is InChI=1S/C23H18N4O4S/c1-14-11-18-21(24-12-14)25-22(26-32(18,30)31)19-20(28)16-9-5-6-10-17(16)27(23(19)29)13-15-7-3-2-4-8-15/h2-12,28H,13H2,1H3,(H,24,25,26). The van der Waals surface area contributed by atoms with E-state index in [9.17, 15) is 18.3 Å². The van der Waals surface area contributed by atoms with Gasteiger partial charge in [-0.15, -0.1) is 4.40 Å². The molecule has 0 fully saturated rings. The molecule has 3 heterocycles. The zero-order valence-electron chi connectivity index (χ0n) is 17.0. The Bertz CT molecular complexity index is 1580. The topological polar surface area (TPSA) is 114 Å². The molecule has 9 heteroatoms. The molecule has 0 bridgehead atoms. The van der Waals surface area contributed by atoms with Crippen molar-refractivity contribution in [2.45, 2.75) is 18.4 Å². The van der Waals surface area contributed by atoms with Crippen molar-refractivity contribution < 1.29 is 13.5 Å². The van der Waals surface area contributed by atoms with Crippen molar-refractivity contribution in [1.29, 1.82) is 0 Å². The second-order valence-electron chi connectivity index (χ2n) is 7.52. The summed E-state index contributed by atoms with van der Waals surface area (Å²) in [5.74, 6) is -0.544. The summed E-state index contributed by atoms with van der Waals surface area (Å²) < 4.78 is 30.9. The summed E-state index contributed by atoms with van der Waals surface area (Å²) in [7, 11) is -4.12. The van der Waals surface area contributed by atoms with Crippen molar-refractivity contribution in [2.24, 2.45) is 4.40 Å². The number of nitrogens with zero attached hydrogens (tertiary/aromatic N) is 3. The minimum Gasteiger partial charge on any atom is -0.506 e. The number of aromatic nitrogens is 2. The van der Waals surface area contributed by atoms with Gasteiger partial charge < -0.3 is 15.0 Å². The number of rotatable bonds is 3. The fraction of sp³-hybridized carbons (Fsp3) is 0.0870. The molecule has 160 valence electrons. The zero-order valence-corrected chi connectivity index (χ0v) is 17.8. The van der Waals surface area contributed by atoms with Crippen LogP contribution in [0.15, 0.2) is 80.9 Å². The fourth-order valence-corrected chi connectivity index (χ4v) is 4.93. The third-order valence-corrected chi connectivity index (χ3v) is 6.57. The van der Waals surface area contributed by atoms with Crippen LogP contribution >= 0.6 is 0 Å². The highest BCUT2D eigenvalue weighted by atomic mass is 32.2. The summed E-state index contributed by atoms with van der Waals surface area (Å²) in [5.41, 5.74) is 1.27. The van der Waals surface area contributed by atoms with Crippen LogP contribution in [0, 0.1) is 6.92 Å². The van der Waals surface area contributed by atoms with Crippen LogP contribution in [0.3, 0.4) is 0 Å². The van der Waals surface area contributed by atoms with E-state index in [1.807, 2.05) is 30.3 Å². The molecule has 32 heavy (non-hydrogen) atoms. The van der Waals surface area contributed by atoms with Crippen molar-refractivity contribution in [3.8, 4) is 5.75 Å². The van der Waals surface area contributed by atoms with E-state index in [1.165, 1.54) is 16.8 Å². The van der Waals surface area contributed by atoms with E-state index in [0.717, 1.165) is 5.56 Å². The average Bonchev–Trinajstić information content (AvgIpc) is 2.78. The Morgan fingerprint density at radius 1 is 1.06 bits per heavy atom. The van der Waals surface area contributed by atoms with Crippen LogP contribution in [-0.2, 0) is 16.6 Å². The van der Waals surface area contributed by atoms with Crippen LogP contribution < -0.4 is 10.9 Å². The SMILES string of the molecule is Cc1cnc2c(c1)S(=O)(=O)N=C(c1c(O)c3ccccc3n(Cc3ccccc3)c1=O)N2. The number of nitrogens with one attached hydrogen (secondary N) is 1. The first-order chi connectivity index (χ1) is 15.3. The van der Waals surface area contributed by atoms with Gasteiger partial charge in [-0.2, -0.15) is 8.42 Å². The van der Waals surface area contributed by atoms with Crippen molar-refractivity contribution in [3.63, 3.8) is 0 Å². The minimum absolute atomic E-state index is 0.0576. The summed E-state index contributed by atoms with van der Waals surface area (Å²) in [6.07, 6.45) is 1.51. The van der Waals surface area contributed by atoms with Crippen LogP contribution in [0.5, 0.6) is 5.75 Å². The smallest absolute Gasteiger partial charge is 0.287 e. The van der Waals surface area contributed by atoms with Crippen LogP contribution in [0.1, 0.15) is 16.7 Å². The number of aromatic hydroxyl groups is 1. The van der Waals surface area contributed by atoms with Crippen LogP contribution in [0.25, 0.3) is 10.9 Å². The fourth-order valence-electron chi connectivity index (χ4n) is 3.77. The summed E-state index contributed by atoms with van der Waals surface area (Å²) in [5, 5.41) is 14.2. The molecular formula is C23H18N4O4S. The van der Waals surface area contributed by atoms with Gasteiger partial charge in [0.1, 0.15) is 16.2 Å². The molecule has 1 aliphatic rings. The van der Waals surface area contributed by atoms with E-state index in [4.69, 9.17) is 0 Å². The third kappa shape index (κ3) is 3.23. The summed E-state index contributed by atoms with van der Waals surface area (Å²) in [6.45, 7) is 1.96. The number of benzene rings is 2. The molecule has 5 rings (SSSR count). The maximum absolute atomic E-state index is 13.6. The molecule has 4 aromatic rings. The molecule has 1 aliphatic heterocycles. The maximum Gasteiger partial charge on any atom is 0.287 e. The second kappa shape index (κ2) is 7.31. The lowest BCUT2D eigenvalue weighted by Crippen LogP contribution is -2.33. The Morgan fingerprint density at radius 3 is 2.56 bits per heavy atom. The molecule has 0 saturated carbocycles. The number of sulfonamides is 1. The van der Waals surface area contributed by atoms with E-state index >= 15 is 0 Å². The molecule has 0 unspecified atom stereocenters. The predicted octanol–water partition coefficient (Wildman–Crippen LogP) is 3.02. The monoisotopic (exact) mass is 446 g/mol. The number of para-hydroxylation sites is 1. The number of pyridine rings is 2. The number of hydrogen-bond donors (Lipinski definition) is 2. The lowest BCUT2D eigenvalue weighted by atomic mass is 10.1. The first kappa shape index (κ1) is 20.0. The zero-order chi connectivity index (χ0) is 22.5. The third-order valence-electron chi connectivity index (χ3n) is 5.28. The lowest BCUT2D eigenvalue weighted by Gasteiger charge is -2.20. The van der Waals surface area contributed by atoms with Crippen molar-refractivity contribution >= 4 is 32.6 Å². The van der Waals surface area contributed by atoms with E-state index in [1.54, 1.807) is 31.2 Å². The predicted molar refractivity (Wildman–Crippen MR) is 122 cm³/mol. The quantitative estimate of drug-likeness (QED) is 0.500. The van der Waals surface area contributed by atoms with Gasteiger partial charge >= 0.3 is 0 Å². The molecule has 2 N–H and O–H groups in total. The van der Waals surface area contributed by atoms with Crippen molar-refractivity contribution in [3.05, 3.63) is 93.9 Å². The largest absolute Gasteiger partial charge is 0.506 e. The average molecular weight is 446 g/mol. The normalized spacial score (nSPS) is 14.5. The molecule has 0 saturated heterocycles. The minimum atomic E-state index is -4.12. The van der Waals surface area contributed by atoms with Gasteiger partial charge in [-0.3, -0.25) is 4.79 Å². The Morgan fingerprint density at radius 2 is 1.78 bits per heavy atom. The van der Waals surface area contributed by atoms with Gasteiger partial charge in [0.05, 0.1) is 12.1 Å². The van der Waals surface area contributed by atoms with Gasteiger partial charge in [-0.25, -0.2) is 4.98 Å². The van der Waals surface area contributed by atoms with E-state index in [2.05, 4.69) is 14.7 Å². The molecule has 8 nitrogen and oxygen atoms in total. The van der Waals surface area contributed by atoms with Crippen LogP contribution in [0.4, 0.5) is 5.82 Å². The molecule has 2 aromatic heterocycles. The Balaban J connectivity index is 1.76. The first-order valence-corrected chi connectivity index (χ1v) is 11.3. The Labute approximate surface area is 183 Å². The molecule has 0 amide bonds. The Hall–Kier alpha value is -3.98. The van der Waals surface area contributed by atoms with Crippen LogP contribution in [0.2, 0.25) is 0 Å². The highest BCUT2D eigenvalue weighted by molar-refractivity contribution is 7.90. The summed E-state index contributed by atoms with van der Waals surface area (Å²) in [6, 6.07) is 17.7. The van der Waals surface area contributed by atoms with E-state index < -0.39 is 15.6 Å². The molecule has 0 radical (unpaired) electrons. The lowest BCUT2D eigenvalue weighted by molar-refractivity contribution is 0.478. The maximum atomic E-state index is 13.6. The highest BCUT2D eigenvalue weighted by Crippen LogP contribution is 2.31. The number of hydrogen-bond acceptors (Lipinski definition) is 6. The van der Waals surface area contributed by atoms with Crippen molar-refractivity contribution in [1.82, 2.24) is 9.55 Å². The molecule has 0 aliphatic carbocycles. The van der Waals surface area contributed by atoms with Crippen molar-refractivity contribution in [2.75, 3.05) is 5.32 Å². The summed E-state index contributed by atoms with van der Waals surface area (Å²) >= 11 is 0. The number of amidine groups is 1. The number of anilines is 1. The van der Waals surface area contributed by atoms with Crippen LogP contribution in [-0.4, -0.2) is 28.9 Å². The second-order valence-corrected chi connectivity index (χ2v) is 9.09. The molecule has 2 aromatic carbocycles. The van der Waals surface area contributed by atoms with Gasteiger partial charge in [-0.05, 0) is 36.2 Å². The van der Waals surface area contributed by atoms with Gasteiger partial charge in [0.2, 0.25) is 0 Å². The first-order valence-electron chi connectivity index (χ1n) is 9.82. The van der Waals surface area contributed by atoms with Gasteiger partial charge in [0.15, 0.2) is 11.7 Å². The van der Waals surface area contributed by atoms with Gasteiger partial charge in [0.25, 0.3) is 15.6 Å². The van der Waals surface area contributed by atoms with Gasteiger partial charge in [0, 0.05) is 11.6 Å². The Kier molecular flexibility index (Phi) is 4.56. The molecule has 0 atom stereocenters. The number of fused-ring (bicyclic) bond motifs is 2. The van der Waals surface area contributed by atoms with E-state index in [0.29, 0.717) is 16.5 Å². The molecule has 0 spiro atoms. The summed E-state index contributed by atoms with van der Waals surface area (Å²) in [4.78, 5) is 17.6. The highest BCUT2D eigenvalue weighted by Gasteiger charge is 2.30.